The van der Waals surface area contributed by atoms with Gasteiger partial charge in [0, 0.05) is 26.1 Å². The lowest BCUT2D eigenvalue weighted by Crippen LogP contribution is -2.36. The predicted octanol–water partition coefficient (Wildman–Crippen LogP) is 4.02. The summed E-state index contributed by atoms with van der Waals surface area (Å²) < 4.78 is 9.54. The summed E-state index contributed by atoms with van der Waals surface area (Å²) >= 11 is 0. The van der Waals surface area contributed by atoms with Crippen LogP contribution in [0, 0.1) is 0 Å². The van der Waals surface area contributed by atoms with Crippen LogP contribution in [-0.2, 0) is 13.7 Å². The van der Waals surface area contributed by atoms with Crippen molar-refractivity contribution >= 4 is 6.09 Å². The van der Waals surface area contributed by atoms with Gasteiger partial charge in [0.1, 0.15) is 18.1 Å². The number of likely N-dealkylation sites (tertiary alicyclic amines) is 1. The van der Waals surface area contributed by atoms with E-state index in [1.54, 1.807) is 10.9 Å². The van der Waals surface area contributed by atoms with Crippen LogP contribution in [0.1, 0.15) is 55.6 Å². The second kappa shape index (κ2) is 10.4. The Hall–Kier alpha value is -4.28. The Morgan fingerprint density at radius 1 is 1.14 bits per heavy atom. The van der Waals surface area contributed by atoms with E-state index in [0.717, 1.165) is 30.0 Å². The predicted molar refractivity (Wildman–Crippen MR) is 136 cm³/mol. The minimum absolute atomic E-state index is 0.198. The van der Waals surface area contributed by atoms with Crippen LogP contribution < -0.4 is 4.74 Å². The molecule has 0 radical (unpaired) electrons. The Morgan fingerprint density at radius 2 is 1.95 bits per heavy atom. The molecular formula is C26H30N8O3. The summed E-state index contributed by atoms with van der Waals surface area (Å²) in [5, 5.41) is 26.3. The molecule has 4 aromatic rings. The highest BCUT2D eigenvalue weighted by molar-refractivity contribution is 5.65. The lowest BCUT2D eigenvalue weighted by atomic mass is 9.94. The molecule has 11 heteroatoms. The maximum atomic E-state index is 11.1. The van der Waals surface area contributed by atoms with Gasteiger partial charge in [-0.05, 0) is 48.6 Å². The first-order chi connectivity index (χ1) is 17.9. The van der Waals surface area contributed by atoms with Crippen LogP contribution in [0.2, 0.25) is 0 Å². The number of piperidine rings is 1. The molecule has 37 heavy (non-hydrogen) atoms. The van der Waals surface area contributed by atoms with Crippen molar-refractivity contribution in [3.05, 3.63) is 65.9 Å². The average molecular weight is 503 g/mol. The van der Waals surface area contributed by atoms with E-state index in [1.807, 2.05) is 42.1 Å². The van der Waals surface area contributed by atoms with E-state index in [9.17, 15) is 4.79 Å². The molecule has 0 spiro atoms. The number of rotatable bonds is 7. The highest BCUT2D eigenvalue weighted by atomic mass is 16.5. The molecule has 0 bridgehead atoms. The zero-order chi connectivity index (χ0) is 25.9. The summed E-state index contributed by atoms with van der Waals surface area (Å²) in [6.45, 7) is 5.63. The molecule has 5 rings (SSSR count). The quantitative estimate of drug-likeness (QED) is 0.402. The van der Waals surface area contributed by atoms with Crippen LogP contribution in [0.3, 0.4) is 0 Å². The van der Waals surface area contributed by atoms with Crippen LogP contribution >= 0.6 is 0 Å². The number of nitrogens with zero attached hydrogens (tertiary/aromatic N) is 8. The topological polar surface area (TPSA) is 124 Å². The second-order valence-corrected chi connectivity index (χ2v) is 9.55. The minimum Gasteiger partial charge on any atom is -0.486 e. The molecule has 1 saturated heterocycles. The number of carboxylic acid groups (broad SMARTS) is 1. The number of ether oxygens (including phenoxy) is 1. The van der Waals surface area contributed by atoms with Crippen LogP contribution in [-0.4, -0.2) is 63.9 Å². The van der Waals surface area contributed by atoms with Gasteiger partial charge in [0.05, 0.1) is 23.8 Å². The molecular weight excluding hydrogens is 472 g/mol. The van der Waals surface area contributed by atoms with Gasteiger partial charge in [0.25, 0.3) is 0 Å². The van der Waals surface area contributed by atoms with Crippen LogP contribution in [0.4, 0.5) is 4.79 Å². The summed E-state index contributed by atoms with van der Waals surface area (Å²) in [6, 6.07) is 11.9. The van der Waals surface area contributed by atoms with Crippen LogP contribution in [0.5, 0.6) is 5.75 Å². The Kier molecular flexibility index (Phi) is 6.85. The first-order valence-electron chi connectivity index (χ1n) is 12.4. The van der Waals surface area contributed by atoms with E-state index in [0.29, 0.717) is 43.0 Å². The number of pyridine rings is 1. The number of carbonyl (C=O) groups is 1. The SMILES string of the molecule is CC(C)c1cccc(OCc2nnc(-c3ccc(-n4cc(C5CCN(C(=O)O)CC5)nn4)cn3)n2C)c1. The van der Waals surface area contributed by atoms with Crippen molar-refractivity contribution in [3.8, 4) is 23.0 Å². The molecule has 11 nitrogen and oxygen atoms in total. The molecule has 1 amide bonds. The van der Waals surface area contributed by atoms with Crippen molar-refractivity contribution in [2.45, 2.75) is 45.1 Å². The summed E-state index contributed by atoms with van der Waals surface area (Å²) in [4.78, 5) is 17.2. The largest absolute Gasteiger partial charge is 0.486 e. The van der Waals surface area contributed by atoms with E-state index in [1.165, 1.54) is 10.5 Å². The van der Waals surface area contributed by atoms with Crippen molar-refractivity contribution in [1.82, 2.24) is 39.6 Å². The summed E-state index contributed by atoms with van der Waals surface area (Å²) in [6.07, 6.45) is 4.23. The average Bonchev–Trinajstić information content (AvgIpc) is 3.55. The normalized spacial score (nSPS) is 14.3. The Balaban J connectivity index is 1.24. The molecule has 1 aliphatic heterocycles. The fraction of sp³-hybridized carbons (Fsp3) is 0.385. The van der Waals surface area contributed by atoms with Crippen LogP contribution in [0.25, 0.3) is 17.2 Å². The Bertz CT molecular complexity index is 1370. The van der Waals surface area contributed by atoms with E-state index in [2.05, 4.69) is 51.5 Å². The van der Waals surface area contributed by atoms with Gasteiger partial charge in [-0.25, -0.2) is 9.48 Å². The van der Waals surface area contributed by atoms with Gasteiger partial charge in [0.2, 0.25) is 0 Å². The number of amides is 1. The Morgan fingerprint density at radius 3 is 2.65 bits per heavy atom. The lowest BCUT2D eigenvalue weighted by Gasteiger charge is -2.28. The van der Waals surface area contributed by atoms with Gasteiger partial charge in [0.15, 0.2) is 11.6 Å². The van der Waals surface area contributed by atoms with Crippen molar-refractivity contribution < 1.29 is 14.6 Å². The van der Waals surface area contributed by atoms with Gasteiger partial charge in [-0.3, -0.25) is 4.98 Å². The van der Waals surface area contributed by atoms with E-state index >= 15 is 0 Å². The molecule has 4 heterocycles. The first-order valence-corrected chi connectivity index (χ1v) is 12.4. The van der Waals surface area contributed by atoms with Gasteiger partial charge in [-0.2, -0.15) is 0 Å². The molecule has 1 aromatic carbocycles. The maximum Gasteiger partial charge on any atom is 0.407 e. The van der Waals surface area contributed by atoms with Crippen molar-refractivity contribution in [1.29, 1.82) is 0 Å². The molecule has 0 saturated carbocycles. The smallest absolute Gasteiger partial charge is 0.407 e. The third-order valence-electron chi connectivity index (χ3n) is 6.79. The monoisotopic (exact) mass is 502 g/mol. The van der Waals surface area contributed by atoms with E-state index < -0.39 is 6.09 Å². The minimum atomic E-state index is -0.868. The van der Waals surface area contributed by atoms with Gasteiger partial charge >= 0.3 is 6.09 Å². The fourth-order valence-electron chi connectivity index (χ4n) is 4.43. The third-order valence-corrected chi connectivity index (χ3v) is 6.79. The van der Waals surface area contributed by atoms with Crippen molar-refractivity contribution in [2.75, 3.05) is 13.1 Å². The molecule has 1 N–H and O–H groups in total. The number of aromatic nitrogens is 7. The van der Waals surface area contributed by atoms with Crippen molar-refractivity contribution in [3.63, 3.8) is 0 Å². The zero-order valence-electron chi connectivity index (χ0n) is 21.2. The molecule has 3 aromatic heterocycles. The molecule has 0 aliphatic carbocycles. The second-order valence-electron chi connectivity index (χ2n) is 9.55. The number of benzene rings is 1. The summed E-state index contributed by atoms with van der Waals surface area (Å²) in [5.41, 5.74) is 3.56. The number of hydrogen-bond donors (Lipinski definition) is 1. The lowest BCUT2D eigenvalue weighted by molar-refractivity contribution is 0.131. The zero-order valence-corrected chi connectivity index (χ0v) is 21.2. The first kappa shape index (κ1) is 24.4. The highest BCUT2D eigenvalue weighted by Crippen LogP contribution is 2.27. The molecule has 0 unspecified atom stereocenters. The summed E-state index contributed by atoms with van der Waals surface area (Å²) in [7, 11) is 1.90. The molecule has 0 atom stereocenters. The van der Waals surface area contributed by atoms with E-state index in [4.69, 9.17) is 9.84 Å². The Labute approximate surface area is 214 Å². The molecule has 1 aliphatic rings. The molecule has 192 valence electrons. The third kappa shape index (κ3) is 5.30. The molecule has 1 fully saturated rings. The van der Waals surface area contributed by atoms with E-state index in [-0.39, 0.29) is 5.92 Å². The van der Waals surface area contributed by atoms with Gasteiger partial charge in [-0.1, -0.05) is 31.2 Å². The van der Waals surface area contributed by atoms with Crippen molar-refractivity contribution in [2.24, 2.45) is 7.05 Å². The highest BCUT2D eigenvalue weighted by Gasteiger charge is 2.25. The maximum absolute atomic E-state index is 11.1. The van der Waals surface area contributed by atoms with Gasteiger partial charge < -0.3 is 19.3 Å². The summed E-state index contributed by atoms with van der Waals surface area (Å²) in [5.74, 6) is 2.78. The fourth-order valence-corrected chi connectivity index (χ4v) is 4.43. The van der Waals surface area contributed by atoms with Crippen LogP contribution in [0.15, 0.2) is 48.8 Å². The standard InChI is InChI=1S/C26H30N8O3/c1-17(2)19-5-4-6-21(13-19)37-16-24-29-30-25(32(24)3)22-8-7-20(14-27-22)34-15-23(28-31-34)18-9-11-33(12-10-18)26(35)36/h4-8,13-15,17-18H,9-12,16H2,1-3H3,(H,35,36). The van der Waals surface area contributed by atoms with Gasteiger partial charge in [-0.15, -0.1) is 15.3 Å². The number of hydrogen-bond acceptors (Lipinski definition) is 7.